The topological polar surface area (TPSA) is 153 Å². The molecule has 1 aromatic carbocycles. The lowest BCUT2D eigenvalue weighted by Gasteiger charge is -2.19. The van der Waals surface area contributed by atoms with Crippen LogP contribution in [0.2, 0.25) is 0 Å². The van der Waals surface area contributed by atoms with E-state index in [-0.39, 0.29) is 42.0 Å². The predicted octanol–water partition coefficient (Wildman–Crippen LogP) is 3.83. The summed E-state index contributed by atoms with van der Waals surface area (Å²) >= 11 is 0. The molecule has 1 amide bonds. The molecule has 2 aromatic heterocycles. The molecule has 3 heterocycles. The summed E-state index contributed by atoms with van der Waals surface area (Å²) in [7, 11) is 1.52. The number of aromatic nitrogens is 1. The van der Waals surface area contributed by atoms with E-state index in [1.165, 1.54) is 26.2 Å². The first kappa shape index (κ1) is 25.3. The van der Waals surface area contributed by atoms with Gasteiger partial charge in [0.05, 0.1) is 11.5 Å². The Hall–Kier alpha value is -4.76. The highest BCUT2D eigenvalue weighted by molar-refractivity contribution is 5.94. The molecule has 1 aliphatic rings. The van der Waals surface area contributed by atoms with Crippen LogP contribution in [0.3, 0.4) is 0 Å². The smallest absolute Gasteiger partial charge is 0.277 e. The van der Waals surface area contributed by atoms with Gasteiger partial charge in [0, 0.05) is 43.0 Å². The van der Waals surface area contributed by atoms with Crippen molar-refractivity contribution < 1.29 is 28.3 Å². The number of nitro groups is 1. The zero-order valence-electron chi connectivity index (χ0n) is 20.5. The molecule has 0 bridgehead atoms. The highest BCUT2D eigenvalue weighted by Gasteiger charge is 2.34. The molecule has 1 atom stereocenters. The maximum atomic E-state index is 12.2. The van der Waals surface area contributed by atoms with E-state index in [4.69, 9.17) is 18.6 Å². The van der Waals surface area contributed by atoms with Crippen LogP contribution in [0.1, 0.15) is 35.1 Å². The number of pyridine rings is 1. The quantitative estimate of drug-likeness (QED) is 0.328. The summed E-state index contributed by atoms with van der Waals surface area (Å²) in [4.78, 5) is 27.2. The van der Waals surface area contributed by atoms with Crippen LogP contribution in [0.4, 0.5) is 5.69 Å². The lowest BCUT2D eigenvalue weighted by atomic mass is 10.1. The van der Waals surface area contributed by atoms with E-state index in [0.717, 1.165) is 10.6 Å². The summed E-state index contributed by atoms with van der Waals surface area (Å²) in [6, 6.07) is 11.5. The third-order valence-corrected chi connectivity index (χ3v) is 5.53. The van der Waals surface area contributed by atoms with Crippen molar-refractivity contribution in [2.45, 2.75) is 33.6 Å². The fraction of sp³-hybridized carbons (Fsp3) is 0.280. The average molecular weight is 505 g/mol. The Bertz CT molecular complexity index is 1440. The summed E-state index contributed by atoms with van der Waals surface area (Å²) in [6.07, 6.45) is -0.944. The van der Waals surface area contributed by atoms with Gasteiger partial charge in [0.1, 0.15) is 24.0 Å². The molecular formula is C25H23N5O7. The Kier molecular flexibility index (Phi) is 7.17. The number of furan rings is 1. The number of methoxy groups -OCH3 is 1. The average Bonchev–Trinajstić information content (AvgIpc) is 3.50. The van der Waals surface area contributed by atoms with Gasteiger partial charge in [0.25, 0.3) is 11.6 Å². The number of carbonyl (C=O) groups excluding carboxylic acids is 1. The Morgan fingerprint density at radius 3 is 2.68 bits per heavy atom. The lowest BCUT2D eigenvalue weighted by molar-refractivity contribution is -0.384. The van der Waals surface area contributed by atoms with Gasteiger partial charge in [-0.3, -0.25) is 14.9 Å². The summed E-state index contributed by atoms with van der Waals surface area (Å²) in [5.74, 6) is 0.337. The minimum atomic E-state index is -0.944. The second kappa shape index (κ2) is 10.5. The minimum Gasteiger partial charge on any atom is -0.471 e. The third-order valence-electron chi connectivity index (χ3n) is 5.53. The number of nitrogens with zero attached hydrogens (tertiary/aromatic N) is 5. The van der Waals surface area contributed by atoms with E-state index in [9.17, 15) is 20.2 Å². The van der Waals surface area contributed by atoms with Gasteiger partial charge >= 0.3 is 0 Å². The van der Waals surface area contributed by atoms with Gasteiger partial charge in [-0.1, -0.05) is 6.07 Å². The largest absolute Gasteiger partial charge is 0.471 e. The fourth-order valence-electron chi connectivity index (χ4n) is 3.79. The van der Waals surface area contributed by atoms with Crippen molar-refractivity contribution in [2.24, 2.45) is 5.10 Å². The molecule has 0 N–H and O–H groups in total. The summed E-state index contributed by atoms with van der Waals surface area (Å²) in [5.41, 5.74) is 2.74. The monoisotopic (exact) mass is 505 g/mol. The molecule has 37 heavy (non-hydrogen) atoms. The van der Waals surface area contributed by atoms with Crippen molar-refractivity contribution in [3.63, 3.8) is 0 Å². The van der Waals surface area contributed by atoms with Crippen LogP contribution >= 0.6 is 0 Å². The van der Waals surface area contributed by atoms with Crippen LogP contribution in [-0.4, -0.2) is 46.7 Å². The van der Waals surface area contributed by atoms with Gasteiger partial charge in [0.15, 0.2) is 5.76 Å². The predicted molar refractivity (Wildman–Crippen MR) is 129 cm³/mol. The maximum absolute atomic E-state index is 12.2. The zero-order chi connectivity index (χ0) is 26.7. The molecule has 0 aliphatic carbocycles. The van der Waals surface area contributed by atoms with E-state index in [1.807, 2.05) is 6.92 Å². The molecule has 0 saturated heterocycles. The van der Waals surface area contributed by atoms with Crippen molar-refractivity contribution >= 4 is 17.5 Å². The molecular weight excluding hydrogens is 482 g/mol. The van der Waals surface area contributed by atoms with Crippen LogP contribution in [0, 0.1) is 35.3 Å². The number of aryl methyl sites for hydroxylation is 2. The molecule has 12 nitrogen and oxygen atoms in total. The minimum absolute atomic E-state index is 0.0379. The molecule has 190 valence electrons. The van der Waals surface area contributed by atoms with Gasteiger partial charge in [-0.25, -0.2) is 4.98 Å². The number of nitro benzene ring substituents is 1. The number of nitriles is 1. The molecule has 0 radical (unpaired) electrons. The number of rotatable bonds is 8. The number of hydrogen-bond donors (Lipinski definition) is 0. The van der Waals surface area contributed by atoms with Gasteiger partial charge in [-0.2, -0.15) is 10.3 Å². The van der Waals surface area contributed by atoms with Crippen LogP contribution in [0.25, 0.3) is 11.3 Å². The van der Waals surface area contributed by atoms with Crippen molar-refractivity contribution in [2.75, 3.05) is 13.7 Å². The fourth-order valence-corrected chi connectivity index (χ4v) is 3.79. The number of amides is 1. The Morgan fingerprint density at radius 2 is 2.00 bits per heavy atom. The molecule has 0 fully saturated rings. The first-order valence-electron chi connectivity index (χ1n) is 11.1. The van der Waals surface area contributed by atoms with E-state index < -0.39 is 17.1 Å². The normalized spacial score (nSPS) is 14.6. The standard InChI is InChI=1S/C25H23N5O7/c1-14-5-6-18(30(32)33)10-19(14)21-7-8-22(36-21)25-28-29(16(3)31)23(37-25)13-35-24-20(11-26)17(12-34-4)9-15(2)27-24/h5-10,23H,12-13H2,1-4H3/t23-/m1/s1. The highest BCUT2D eigenvalue weighted by Crippen LogP contribution is 2.31. The van der Waals surface area contributed by atoms with Gasteiger partial charge in [0.2, 0.25) is 18.0 Å². The molecule has 12 heteroatoms. The van der Waals surface area contributed by atoms with Crippen LogP contribution in [0.5, 0.6) is 5.88 Å². The van der Waals surface area contributed by atoms with Gasteiger partial charge < -0.3 is 18.6 Å². The Labute approximate surface area is 211 Å². The van der Waals surface area contributed by atoms with Gasteiger partial charge in [-0.15, -0.1) is 5.10 Å². The number of hydrazone groups is 1. The molecule has 4 rings (SSSR count). The highest BCUT2D eigenvalue weighted by atomic mass is 16.6. The summed E-state index contributed by atoms with van der Waals surface area (Å²) < 4.78 is 22.7. The molecule has 0 spiro atoms. The van der Waals surface area contributed by atoms with E-state index in [2.05, 4.69) is 16.2 Å². The second-order valence-corrected chi connectivity index (χ2v) is 8.22. The number of benzene rings is 1. The molecule has 0 unspecified atom stereocenters. The SMILES string of the molecule is COCc1cc(C)nc(OC[C@H]2OC(c3ccc(-c4cc([N+](=O)[O-])ccc4C)o3)=NN2C(C)=O)c1C#N. The van der Waals surface area contributed by atoms with E-state index >= 15 is 0 Å². The van der Waals surface area contributed by atoms with Crippen LogP contribution < -0.4 is 4.74 Å². The first-order chi connectivity index (χ1) is 17.7. The van der Waals surface area contributed by atoms with Crippen molar-refractivity contribution in [1.82, 2.24) is 9.99 Å². The van der Waals surface area contributed by atoms with Crippen molar-refractivity contribution in [1.29, 1.82) is 5.26 Å². The van der Waals surface area contributed by atoms with Gasteiger partial charge in [-0.05, 0) is 37.6 Å². The number of non-ortho nitro benzene ring substituents is 1. The molecule has 1 aliphatic heterocycles. The van der Waals surface area contributed by atoms with Crippen molar-refractivity contribution in [3.05, 3.63) is 74.7 Å². The summed E-state index contributed by atoms with van der Waals surface area (Å²) in [5, 5.41) is 26.1. The number of ether oxygens (including phenoxy) is 3. The second-order valence-electron chi connectivity index (χ2n) is 8.22. The Balaban J connectivity index is 1.55. The number of carbonyl (C=O) groups is 1. The third kappa shape index (κ3) is 5.26. The molecule has 0 saturated carbocycles. The maximum Gasteiger partial charge on any atom is 0.277 e. The summed E-state index contributed by atoms with van der Waals surface area (Å²) in [6.45, 7) is 4.94. The molecule has 3 aromatic rings. The van der Waals surface area contributed by atoms with E-state index in [1.54, 1.807) is 31.2 Å². The number of hydrogen-bond acceptors (Lipinski definition) is 10. The first-order valence-corrected chi connectivity index (χ1v) is 11.1. The van der Waals surface area contributed by atoms with E-state index in [0.29, 0.717) is 22.6 Å². The zero-order valence-corrected chi connectivity index (χ0v) is 20.5. The van der Waals surface area contributed by atoms with Crippen LogP contribution in [0.15, 0.2) is 45.9 Å². The Morgan fingerprint density at radius 1 is 1.24 bits per heavy atom. The van der Waals surface area contributed by atoms with Crippen LogP contribution in [-0.2, 0) is 20.9 Å². The lowest BCUT2D eigenvalue weighted by Crippen LogP contribution is -2.37. The van der Waals surface area contributed by atoms with Crippen molar-refractivity contribution in [3.8, 4) is 23.3 Å².